The first kappa shape index (κ1) is 18.0. The standard InChI is InChI=1S/C18H21FN4O3/c1-21-16(24)8-7-15(20-21)18(26)23-10-4-9-22(11-12-23)17(25)13-5-2-3-6-14(13)19/h2-3,5-6H,4,7-12H2,1H3. The molecule has 1 aromatic rings. The van der Waals surface area contributed by atoms with Gasteiger partial charge in [-0.15, -0.1) is 0 Å². The molecule has 0 spiro atoms. The third-order valence-electron chi connectivity index (χ3n) is 4.63. The van der Waals surface area contributed by atoms with Crippen molar-refractivity contribution in [1.29, 1.82) is 0 Å². The third-order valence-corrected chi connectivity index (χ3v) is 4.63. The van der Waals surface area contributed by atoms with Crippen molar-refractivity contribution >= 4 is 23.4 Å². The Hall–Kier alpha value is -2.77. The van der Waals surface area contributed by atoms with E-state index in [2.05, 4.69) is 5.10 Å². The molecule has 0 aromatic heterocycles. The predicted molar refractivity (Wildman–Crippen MR) is 92.9 cm³/mol. The molecule has 0 aliphatic carbocycles. The summed E-state index contributed by atoms with van der Waals surface area (Å²) in [6.45, 7) is 1.65. The summed E-state index contributed by atoms with van der Waals surface area (Å²) in [5.74, 6) is -1.22. The van der Waals surface area contributed by atoms with E-state index >= 15 is 0 Å². The van der Waals surface area contributed by atoms with Gasteiger partial charge in [0.05, 0.1) is 5.56 Å². The van der Waals surface area contributed by atoms with Crippen molar-refractivity contribution in [3.8, 4) is 0 Å². The van der Waals surface area contributed by atoms with Gasteiger partial charge in [0.2, 0.25) is 5.91 Å². The molecule has 2 heterocycles. The van der Waals surface area contributed by atoms with Gasteiger partial charge in [-0.05, 0) is 18.6 Å². The van der Waals surface area contributed by atoms with Crippen molar-refractivity contribution in [3.63, 3.8) is 0 Å². The topological polar surface area (TPSA) is 73.3 Å². The van der Waals surface area contributed by atoms with Crippen LogP contribution in [0.15, 0.2) is 29.4 Å². The summed E-state index contributed by atoms with van der Waals surface area (Å²) in [7, 11) is 1.53. The monoisotopic (exact) mass is 360 g/mol. The Morgan fingerprint density at radius 1 is 1.00 bits per heavy atom. The van der Waals surface area contributed by atoms with Crippen molar-refractivity contribution in [1.82, 2.24) is 14.8 Å². The molecule has 0 bridgehead atoms. The highest BCUT2D eigenvalue weighted by Gasteiger charge is 2.28. The Balaban J connectivity index is 1.66. The van der Waals surface area contributed by atoms with Crippen LogP contribution < -0.4 is 0 Å². The summed E-state index contributed by atoms with van der Waals surface area (Å²) in [6.07, 6.45) is 1.21. The van der Waals surface area contributed by atoms with Crippen LogP contribution in [-0.2, 0) is 9.59 Å². The second kappa shape index (κ2) is 7.63. The number of benzene rings is 1. The molecule has 0 unspecified atom stereocenters. The first-order valence-electron chi connectivity index (χ1n) is 8.64. The molecule has 7 nitrogen and oxygen atoms in total. The summed E-state index contributed by atoms with van der Waals surface area (Å²) < 4.78 is 13.9. The van der Waals surface area contributed by atoms with Crippen molar-refractivity contribution in [3.05, 3.63) is 35.6 Å². The molecule has 0 radical (unpaired) electrons. The fourth-order valence-electron chi connectivity index (χ4n) is 3.13. The van der Waals surface area contributed by atoms with E-state index in [-0.39, 0.29) is 29.7 Å². The molecule has 2 aliphatic heterocycles. The molecule has 0 N–H and O–H groups in total. The molecule has 8 heteroatoms. The number of hydrogen-bond donors (Lipinski definition) is 0. The molecular formula is C18H21FN4O3. The van der Waals surface area contributed by atoms with Gasteiger partial charge in [-0.1, -0.05) is 12.1 Å². The fraction of sp³-hybridized carbons (Fsp3) is 0.444. The molecular weight excluding hydrogens is 339 g/mol. The maximum Gasteiger partial charge on any atom is 0.270 e. The number of hydrazone groups is 1. The van der Waals surface area contributed by atoms with Gasteiger partial charge >= 0.3 is 0 Å². The Morgan fingerprint density at radius 2 is 1.65 bits per heavy atom. The summed E-state index contributed by atoms with van der Waals surface area (Å²) in [4.78, 5) is 39.9. The fourth-order valence-corrected chi connectivity index (χ4v) is 3.13. The molecule has 0 saturated carbocycles. The molecule has 1 aromatic carbocycles. The molecule has 2 aliphatic rings. The normalized spacial score (nSPS) is 18.5. The zero-order valence-electron chi connectivity index (χ0n) is 14.7. The molecule has 3 amide bonds. The van der Waals surface area contributed by atoms with Crippen LogP contribution in [0.3, 0.4) is 0 Å². The van der Waals surface area contributed by atoms with Gasteiger partial charge in [0.25, 0.3) is 11.8 Å². The third kappa shape index (κ3) is 3.74. The van der Waals surface area contributed by atoms with Gasteiger partial charge in [-0.2, -0.15) is 5.10 Å². The van der Waals surface area contributed by atoms with Gasteiger partial charge in [0.1, 0.15) is 11.5 Å². The molecule has 3 rings (SSSR count). The first-order valence-corrected chi connectivity index (χ1v) is 8.64. The van der Waals surface area contributed by atoms with Crippen molar-refractivity contribution in [2.24, 2.45) is 5.10 Å². The van der Waals surface area contributed by atoms with E-state index in [4.69, 9.17) is 0 Å². The Morgan fingerprint density at radius 3 is 2.31 bits per heavy atom. The highest BCUT2D eigenvalue weighted by Crippen LogP contribution is 2.14. The van der Waals surface area contributed by atoms with E-state index in [0.717, 1.165) is 0 Å². The van der Waals surface area contributed by atoms with E-state index < -0.39 is 5.82 Å². The van der Waals surface area contributed by atoms with Crippen LogP contribution in [0.25, 0.3) is 0 Å². The number of halogens is 1. The number of amides is 3. The second-order valence-corrected chi connectivity index (χ2v) is 6.38. The summed E-state index contributed by atoms with van der Waals surface area (Å²) >= 11 is 0. The van der Waals surface area contributed by atoms with E-state index in [1.165, 1.54) is 24.2 Å². The van der Waals surface area contributed by atoms with E-state index in [1.54, 1.807) is 21.9 Å². The molecule has 26 heavy (non-hydrogen) atoms. The zero-order valence-corrected chi connectivity index (χ0v) is 14.7. The van der Waals surface area contributed by atoms with Gasteiger partial charge in [0.15, 0.2) is 0 Å². The smallest absolute Gasteiger partial charge is 0.270 e. The van der Waals surface area contributed by atoms with E-state index in [1.807, 2.05) is 0 Å². The highest BCUT2D eigenvalue weighted by molar-refractivity contribution is 6.39. The van der Waals surface area contributed by atoms with Crippen LogP contribution >= 0.6 is 0 Å². The number of nitrogens with zero attached hydrogens (tertiary/aromatic N) is 4. The van der Waals surface area contributed by atoms with Crippen LogP contribution in [0, 0.1) is 5.82 Å². The van der Waals surface area contributed by atoms with Crippen molar-refractivity contribution in [2.45, 2.75) is 19.3 Å². The summed E-state index contributed by atoms with van der Waals surface area (Å²) in [6, 6.07) is 5.90. The molecule has 1 saturated heterocycles. The Bertz CT molecular complexity index is 765. The van der Waals surface area contributed by atoms with Crippen molar-refractivity contribution < 1.29 is 18.8 Å². The number of hydrogen-bond acceptors (Lipinski definition) is 4. The highest BCUT2D eigenvalue weighted by atomic mass is 19.1. The van der Waals surface area contributed by atoms with E-state index in [9.17, 15) is 18.8 Å². The predicted octanol–water partition coefficient (Wildman–Crippen LogP) is 1.11. The van der Waals surface area contributed by atoms with Crippen LogP contribution in [-0.4, -0.2) is 71.5 Å². The maximum absolute atomic E-state index is 13.9. The zero-order chi connectivity index (χ0) is 18.7. The largest absolute Gasteiger partial charge is 0.337 e. The Kier molecular flexibility index (Phi) is 5.29. The minimum Gasteiger partial charge on any atom is -0.337 e. The van der Waals surface area contributed by atoms with Gasteiger partial charge in [0, 0.05) is 46.1 Å². The van der Waals surface area contributed by atoms with Crippen LogP contribution in [0.1, 0.15) is 29.6 Å². The van der Waals surface area contributed by atoms with Crippen LogP contribution in [0.4, 0.5) is 4.39 Å². The lowest BCUT2D eigenvalue weighted by molar-refractivity contribution is -0.130. The lowest BCUT2D eigenvalue weighted by Crippen LogP contribution is -2.42. The lowest BCUT2D eigenvalue weighted by atomic mass is 10.1. The number of rotatable bonds is 2. The average Bonchev–Trinajstić information content (AvgIpc) is 2.89. The summed E-state index contributed by atoms with van der Waals surface area (Å²) in [5.41, 5.74) is 0.407. The maximum atomic E-state index is 13.9. The van der Waals surface area contributed by atoms with Gasteiger partial charge < -0.3 is 9.80 Å². The summed E-state index contributed by atoms with van der Waals surface area (Å²) in [5, 5.41) is 5.26. The molecule has 138 valence electrons. The number of carbonyl (C=O) groups excluding carboxylic acids is 3. The minimum absolute atomic E-state index is 0.0454. The van der Waals surface area contributed by atoms with Gasteiger partial charge in [-0.3, -0.25) is 14.4 Å². The quantitative estimate of drug-likeness (QED) is 0.793. The van der Waals surface area contributed by atoms with Crippen LogP contribution in [0.2, 0.25) is 0 Å². The average molecular weight is 360 g/mol. The SMILES string of the molecule is CN1N=C(C(=O)N2CCCN(C(=O)c3ccccc3F)CC2)CCC1=O. The molecule has 0 atom stereocenters. The second-order valence-electron chi connectivity index (χ2n) is 6.38. The molecule has 1 fully saturated rings. The van der Waals surface area contributed by atoms with Crippen LogP contribution in [0.5, 0.6) is 0 Å². The van der Waals surface area contributed by atoms with E-state index in [0.29, 0.717) is 44.7 Å². The Labute approximate surface area is 151 Å². The minimum atomic E-state index is -0.543. The lowest BCUT2D eigenvalue weighted by Gasteiger charge is -2.25. The number of carbonyl (C=O) groups is 3. The van der Waals surface area contributed by atoms with Gasteiger partial charge in [-0.25, -0.2) is 9.40 Å². The van der Waals surface area contributed by atoms with Crippen molar-refractivity contribution in [2.75, 3.05) is 33.2 Å². The first-order chi connectivity index (χ1) is 12.5.